The molecule has 33 heavy (non-hydrogen) atoms. The predicted molar refractivity (Wildman–Crippen MR) is 119 cm³/mol. The Morgan fingerprint density at radius 2 is 1.76 bits per heavy atom. The minimum absolute atomic E-state index is 0.000490. The van der Waals surface area contributed by atoms with Crippen LogP contribution in [0.15, 0.2) is 65.8 Å². The topological polar surface area (TPSA) is 57.5 Å². The Balaban J connectivity index is 1.67. The molecule has 174 valence electrons. The Morgan fingerprint density at radius 3 is 2.48 bits per heavy atom. The van der Waals surface area contributed by atoms with Gasteiger partial charge in [0.2, 0.25) is 0 Å². The van der Waals surface area contributed by atoms with Crippen LogP contribution in [0.2, 0.25) is 5.02 Å². The number of hydrogen-bond acceptors (Lipinski definition) is 4. The van der Waals surface area contributed by atoms with Gasteiger partial charge in [-0.3, -0.25) is 0 Å². The molecule has 2 aliphatic heterocycles. The highest BCUT2D eigenvalue weighted by Crippen LogP contribution is 2.55. The second-order valence-corrected chi connectivity index (χ2v) is 11.0. The van der Waals surface area contributed by atoms with Crippen LogP contribution in [0, 0.1) is 17.6 Å². The van der Waals surface area contributed by atoms with Gasteiger partial charge in [0.15, 0.2) is 21.4 Å². The van der Waals surface area contributed by atoms with E-state index in [1.165, 1.54) is 24.3 Å². The third-order valence-corrected chi connectivity index (χ3v) is 9.50. The molecule has 5 nitrogen and oxygen atoms in total. The van der Waals surface area contributed by atoms with Gasteiger partial charge < -0.3 is 14.0 Å². The maximum atomic E-state index is 15.3. The van der Waals surface area contributed by atoms with Gasteiger partial charge in [0.25, 0.3) is 0 Å². The fourth-order valence-corrected chi connectivity index (χ4v) is 7.60. The Kier molecular flexibility index (Phi) is 5.71. The van der Waals surface area contributed by atoms with Crippen LogP contribution >= 0.6 is 11.6 Å². The van der Waals surface area contributed by atoms with Crippen LogP contribution in [0.3, 0.4) is 0 Å². The molecule has 0 spiro atoms. The number of sulfone groups is 1. The molecule has 0 saturated carbocycles. The highest BCUT2D eigenvalue weighted by Gasteiger charge is 2.61. The molecule has 1 fully saturated rings. The Bertz CT molecular complexity index is 1260. The number of hydrogen-bond donors (Lipinski definition) is 0. The maximum Gasteiger partial charge on any atom is 0.189 e. The standard InChI is InChI=1S/C24H22ClF2NO4S/c25-16-3-5-17(6-4-16)33(29,30)24-10-14-31-21(9-13-28-11-1-2-12-28)18(24)15-32-23-20(27)8-7-19(26)22(23)24/h1-8,11-12,18,21H,9-10,13-15H2/t18-,21-,24-/m0/s1. The van der Waals surface area contributed by atoms with E-state index in [-0.39, 0.29) is 35.8 Å². The third kappa shape index (κ3) is 3.55. The summed E-state index contributed by atoms with van der Waals surface area (Å²) in [7, 11) is -4.19. The largest absolute Gasteiger partial charge is 0.490 e. The van der Waals surface area contributed by atoms with Crippen LogP contribution < -0.4 is 4.74 Å². The van der Waals surface area contributed by atoms with Crippen molar-refractivity contribution in [1.82, 2.24) is 4.57 Å². The molecule has 3 aromatic rings. The van der Waals surface area contributed by atoms with E-state index in [0.717, 1.165) is 12.1 Å². The number of benzene rings is 2. The van der Waals surface area contributed by atoms with Crippen LogP contribution in [-0.4, -0.2) is 32.3 Å². The molecule has 2 aliphatic rings. The van der Waals surface area contributed by atoms with Crippen molar-refractivity contribution in [3.05, 3.63) is 83.1 Å². The normalized spacial score (nSPS) is 24.6. The lowest BCUT2D eigenvalue weighted by atomic mass is 9.75. The van der Waals surface area contributed by atoms with Crippen molar-refractivity contribution < 1.29 is 26.7 Å². The van der Waals surface area contributed by atoms with E-state index < -0.39 is 38.2 Å². The molecule has 0 radical (unpaired) electrons. The molecule has 0 bridgehead atoms. The van der Waals surface area contributed by atoms with Crippen LogP contribution in [0.5, 0.6) is 5.75 Å². The van der Waals surface area contributed by atoms with Crippen molar-refractivity contribution in [1.29, 1.82) is 0 Å². The summed E-state index contributed by atoms with van der Waals surface area (Å²) in [5.41, 5.74) is -0.247. The predicted octanol–water partition coefficient (Wildman–Crippen LogP) is 4.98. The molecular weight excluding hydrogens is 472 g/mol. The van der Waals surface area contributed by atoms with Gasteiger partial charge in [0, 0.05) is 36.5 Å². The highest BCUT2D eigenvalue weighted by molar-refractivity contribution is 7.92. The molecule has 5 rings (SSSR count). The second kappa shape index (κ2) is 8.42. The van der Waals surface area contributed by atoms with Crippen LogP contribution in [0.25, 0.3) is 0 Å². The Morgan fingerprint density at radius 1 is 1.06 bits per heavy atom. The first kappa shape index (κ1) is 22.4. The number of aryl methyl sites for hydroxylation is 1. The molecule has 0 aliphatic carbocycles. The summed E-state index contributed by atoms with van der Waals surface area (Å²) in [6, 6.07) is 11.5. The Labute approximate surface area is 195 Å². The monoisotopic (exact) mass is 493 g/mol. The van der Waals surface area contributed by atoms with Crippen molar-refractivity contribution in [2.75, 3.05) is 13.2 Å². The first-order valence-corrected chi connectivity index (χ1v) is 12.5. The molecule has 2 aromatic carbocycles. The molecule has 9 heteroatoms. The summed E-state index contributed by atoms with van der Waals surface area (Å²) in [4.78, 5) is -0.000490. The first-order chi connectivity index (χ1) is 15.8. The van der Waals surface area contributed by atoms with E-state index in [0.29, 0.717) is 18.0 Å². The second-order valence-electron chi connectivity index (χ2n) is 8.37. The summed E-state index contributed by atoms with van der Waals surface area (Å²) >= 11 is 5.98. The van der Waals surface area contributed by atoms with E-state index in [1.54, 1.807) is 0 Å². The fraction of sp³-hybridized carbons (Fsp3) is 0.333. The fourth-order valence-electron chi connectivity index (χ4n) is 5.13. The van der Waals surface area contributed by atoms with Crippen molar-refractivity contribution >= 4 is 21.4 Å². The van der Waals surface area contributed by atoms with Crippen LogP contribution in [0.4, 0.5) is 8.78 Å². The zero-order valence-corrected chi connectivity index (χ0v) is 19.2. The van der Waals surface area contributed by atoms with Crippen molar-refractivity contribution in [3.8, 4) is 5.75 Å². The van der Waals surface area contributed by atoms with E-state index >= 15 is 4.39 Å². The van der Waals surface area contributed by atoms with Crippen LogP contribution in [0.1, 0.15) is 18.4 Å². The van der Waals surface area contributed by atoms with Crippen molar-refractivity contribution in [2.45, 2.75) is 35.1 Å². The summed E-state index contributed by atoms with van der Waals surface area (Å²) < 4.78 is 70.4. The average Bonchev–Trinajstić information content (AvgIpc) is 3.33. The maximum absolute atomic E-state index is 15.3. The quantitative estimate of drug-likeness (QED) is 0.503. The third-order valence-electron chi connectivity index (χ3n) is 6.68. The number of halogens is 3. The molecule has 3 atom stereocenters. The van der Waals surface area contributed by atoms with Gasteiger partial charge in [-0.15, -0.1) is 0 Å². The number of ether oxygens (including phenoxy) is 2. The molecule has 3 heterocycles. The molecule has 0 amide bonds. The zero-order chi connectivity index (χ0) is 23.2. The van der Waals surface area contributed by atoms with E-state index in [4.69, 9.17) is 21.1 Å². The SMILES string of the molecule is O=S(=O)(c1ccc(Cl)cc1)[C@@]12CCO[C@@H](CCn3cccc3)[C@@H]1COc1c(F)ccc(F)c12. The summed E-state index contributed by atoms with van der Waals surface area (Å²) in [6.45, 7) is 0.579. The lowest BCUT2D eigenvalue weighted by molar-refractivity contribution is -0.0773. The van der Waals surface area contributed by atoms with Gasteiger partial charge in [-0.1, -0.05) is 11.6 Å². The van der Waals surface area contributed by atoms with Gasteiger partial charge in [-0.2, -0.15) is 0 Å². The minimum Gasteiger partial charge on any atom is -0.490 e. The summed E-state index contributed by atoms with van der Waals surface area (Å²) in [5.74, 6) is -2.66. The van der Waals surface area contributed by atoms with Crippen molar-refractivity contribution in [3.63, 3.8) is 0 Å². The minimum atomic E-state index is -4.19. The van der Waals surface area contributed by atoms with E-state index in [1.807, 2.05) is 29.1 Å². The van der Waals surface area contributed by atoms with E-state index in [9.17, 15) is 12.8 Å². The molecule has 1 saturated heterocycles. The van der Waals surface area contributed by atoms with Gasteiger partial charge in [-0.05, 0) is 61.4 Å². The number of aromatic nitrogens is 1. The van der Waals surface area contributed by atoms with E-state index in [2.05, 4.69) is 0 Å². The number of rotatable bonds is 5. The lowest BCUT2D eigenvalue weighted by Gasteiger charge is -2.50. The lowest BCUT2D eigenvalue weighted by Crippen LogP contribution is -2.57. The van der Waals surface area contributed by atoms with Crippen molar-refractivity contribution in [2.24, 2.45) is 5.92 Å². The van der Waals surface area contributed by atoms with Gasteiger partial charge in [-0.25, -0.2) is 17.2 Å². The highest BCUT2D eigenvalue weighted by atomic mass is 35.5. The molecular formula is C24H22ClF2NO4S. The zero-order valence-electron chi connectivity index (χ0n) is 17.6. The molecule has 0 N–H and O–H groups in total. The summed E-state index contributed by atoms with van der Waals surface area (Å²) in [6.07, 6.45) is 3.76. The summed E-state index contributed by atoms with van der Waals surface area (Å²) in [5, 5.41) is 0.379. The van der Waals surface area contributed by atoms with Crippen LogP contribution in [-0.2, 0) is 25.9 Å². The molecule has 1 aromatic heterocycles. The first-order valence-electron chi connectivity index (χ1n) is 10.7. The number of nitrogens with zero attached hydrogens (tertiary/aromatic N) is 1. The Hall–Kier alpha value is -2.42. The van der Waals surface area contributed by atoms with Gasteiger partial charge in [0.05, 0.1) is 23.2 Å². The average molecular weight is 494 g/mol. The number of fused-ring (bicyclic) bond motifs is 3. The molecule has 0 unspecified atom stereocenters. The smallest absolute Gasteiger partial charge is 0.189 e. The van der Waals surface area contributed by atoms with Gasteiger partial charge >= 0.3 is 0 Å². The van der Waals surface area contributed by atoms with Gasteiger partial charge in [0.1, 0.15) is 10.6 Å².